The Balaban J connectivity index is 1.91. The lowest BCUT2D eigenvalue weighted by atomic mass is 10.2. The first-order valence-electron chi connectivity index (χ1n) is 6.63. The first kappa shape index (κ1) is 17.1. The van der Waals surface area contributed by atoms with Crippen LogP contribution in [0.1, 0.15) is 11.3 Å². The first-order chi connectivity index (χ1) is 10.9. The van der Waals surface area contributed by atoms with Crippen LogP contribution in [0.4, 0.5) is 18.9 Å². The molecule has 8 heteroatoms. The van der Waals surface area contributed by atoms with Crippen LogP contribution in [0.3, 0.4) is 0 Å². The lowest BCUT2D eigenvalue weighted by Crippen LogP contribution is -2.29. The number of carbonyl (C=O) groups is 1. The third kappa shape index (κ3) is 5.14. The molecule has 0 aliphatic rings. The van der Waals surface area contributed by atoms with Gasteiger partial charge >= 0.3 is 6.18 Å². The number of hydrogen-bond donors (Lipinski definition) is 2. The summed E-state index contributed by atoms with van der Waals surface area (Å²) < 4.78 is 37.9. The molecule has 0 atom stereocenters. The zero-order valence-electron chi connectivity index (χ0n) is 11.8. The maximum Gasteiger partial charge on any atom is 0.416 e. The monoisotopic (exact) mass is 343 g/mol. The van der Waals surface area contributed by atoms with E-state index in [0.29, 0.717) is 5.69 Å². The van der Waals surface area contributed by atoms with Crippen LogP contribution in [-0.4, -0.2) is 17.4 Å². The van der Waals surface area contributed by atoms with Crippen molar-refractivity contribution in [2.45, 2.75) is 12.7 Å². The van der Waals surface area contributed by atoms with Crippen LogP contribution in [0, 0.1) is 0 Å². The molecule has 2 rings (SSSR count). The molecule has 23 heavy (non-hydrogen) atoms. The number of rotatable bonds is 5. The molecule has 0 saturated carbocycles. The molecule has 2 aromatic rings. The molecule has 0 unspecified atom stereocenters. The summed E-state index contributed by atoms with van der Waals surface area (Å²) in [5.41, 5.74) is -0.106. The molecule has 0 saturated heterocycles. The Hall–Kier alpha value is -2.28. The minimum Gasteiger partial charge on any atom is -0.375 e. The number of nitrogens with one attached hydrogen (secondary N) is 2. The van der Waals surface area contributed by atoms with E-state index in [1.807, 2.05) is 0 Å². The molecular formula is C15H13ClF3N3O. The molecule has 0 fully saturated rings. The average molecular weight is 344 g/mol. The van der Waals surface area contributed by atoms with Crippen molar-refractivity contribution in [2.24, 2.45) is 0 Å². The predicted molar refractivity (Wildman–Crippen MR) is 81.0 cm³/mol. The van der Waals surface area contributed by atoms with Gasteiger partial charge in [0.25, 0.3) is 0 Å². The van der Waals surface area contributed by atoms with E-state index in [4.69, 9.17) is 11.6 Å². The number of benzene rings is 1. The van der Waals surface area contributed by atoms with Crippen LogP contribution in [0.5, 0.6) is 0 Å². The molecule has 0 spiro atoms. The van der Waals surface area contributed by atoms with E-state index in [9.17, 15) is 18.0 Å². The second-order valence-electron chi connectivity index (χ2n) is 4.64. The van der Waals surface area contributed by atoms with Crippen LogP contribution in [-0.2, 0) is 17.5 Å². The third-order valence-electron chi connectivity index (χ3n) is 2.93. The van der Waals surface area contributed by atoms with Crippen LogP contribution in [0.15, 0.2) is 42.6 Å². The van der Waals surface area contributed by atoms with Crippen molar-refractivity contribution in [1.29, 1.82) is 0 Å². The summed E-state index contributed by atoms with van der Waals surface area (Å²) in [6.07, 6.45) is -2.87. The fraction of sp³-hybridized carbons (Fsp3) is 0.200. The number of hydrogen-bond acceptors (Lipinski definition) is 3. The summed E-state index contributed by atoms with van der Waals surface area (Å²) in [6, 6.07) is 8.18. The van der Waals surface area contributed by atoms with Crippen molar-refractivity contribution in [3.8, 4) is 0 Å². The molecule has 0 radical (unpaired) electrons. The van der Waals surface area contributed by atoms with Crippen LogP contribution in [0.2, 0.25) is 5.02 Å². The van der Waals surface area contributed by atoms with E-state index in [-0.39, 0.29) is 29.7 Å². The topological polar surface area (TPSA) is 54.0 Å². The molecule has 0 aliphatic carbocycles. The maximum absolute atomic E-state index is 12.6. The van der Waals surface area contributed by atoms with Gasteiger partial charge in [0.05, 0.1) is 35.1 Å². The van der Waals surface area contributed by atoms with Crippen LogP contribution < -0.4 is 10.6 Å². The van der Waals surface area contributed by atoms with Crippen LogP contribution in [0.25, 0.3) is 0 Å². The summed E-state index contributed by atoms with van der Waals surface area (Å²) in [5.74, 6) is -0.385. The van der Waals surface area contributed by atoms with E-state index < -0.39 is 11.7 Å². The minimum atomic E-state index is -4.47. The van der Waals surface area contributed by atoms with Crippen molar-refractivity contribution in [1.82, 2.24) is 10.3 Å². The number of halogens is 4. The van der Waals surface area contributed by atoms with Gasteiger partial charge in [-0.2, -0.15) is 13.2 Å². The van der Waals surface area contributed by atoms with Gasteiger partial charge in [-0.1, -0.05) is 17.7 Å². The molecule has 2 N–H and O–H groups in total. The van der Waals surface area contributed by atoms with E-state index in [1.54, 1.807) is 24.4 Å². The van der Waals surface area contributed by atoms with Gasteiger partial charge in [-0.3, -0.25) is 9.78 Å². The van der Waals surface area contributed by atoms with Gasteiger partial charge in [-0.05, 0) is 30.3 Å². The number of amides is 1. The van der Waals surface area contributed by atoms with Crippen molar-refractivity contribution >= 4 is 23.2 Å². The van der Waals surface area contributed by atoms with E-state index in [2.05, 4.69) is 15.6 Å². The highest BCUT2D eigenvalue weighted by Crippen LogP contribution is 2.33. The Bertz CT molecular complexity index is 677. The molecule has 1 amide bonds. The summed E-state index contributed by atoms with van der Waals surface area (Å²) in [6.45, 7) is 0.0333. The fourth-order valence-corrected chi connectivity index (χ4v) is 1.95. The average Bonchev–Trinajstić information content (AvgIpc) is 2.52. The summed E-state index contributed by atoms with van der Waals surface area (Å²) in [5, 5.41) is 5.31. The number of alkyl halides is 3. The second kappa shape index (κ2) is 7.32. The molecule has 1 heterocycles. The van der Waals surface area contributed by atoms with Gasteiger partial charge in [0.1, 0.15) is 0 Å². The van der Waals surface area contributed by atoms with Crippen molar-refractivity contribution in [2.75, 3.05) is 11.9 Å². The number of anilines is 1. The van der Waals surface area contributed by atoms with Gasteiger partial charge in [0.2, 0.25) is 5.91 Å². The molecule has 0 aliphatic heterocycles. The maximum atomic E-state index is 12.6. The van der Waals surface area contributed by atoms with Crippen molar-refractivity contribution < 1.29 is 18.0 Å². The highest BCUT2D eigenvalue weighted by atomic mass is 35.5. The molecule has 122 valence electrons. The predicted octanol–water partition coefficient (Wildman–Crippen LogP) is 3.48. The molecule has 0 bridgehead atoms. The van der Waals surface area contributed by atoms with E-state index in [1.165, 1.54) is 0 Å². The standard InChI is InChI=1S/C15H13ClF3N3O/c16-12-5-4-10(15(17,18)19)7-13(12)21-9-14(23)22-8-11-3-1-2-6-20-11/h1-7,21H,8-9H2,(H,22,23). The normalized spacial score (nSPS) is 11.1. The highest BCUT2D eigenvalue weighted by Gasteiger charge is 2.30. The fourth-order valence-electron chi connectivity index (χ4n) is 1.77. The molecule has 4 nitrogen and oxygen atoms in total. The number of pyridine rings is 1. The van der Waals surface area contributed by atoms with Crippen molar-refractivity contribution in [3.05, 3.63) is 58.9 Å². The summed E-state index contributed by atoms with van der Waals surface area (Å²) in [7, 11) is 0. The third-order valence-corrected chi connectivity index (χ3v) is 3.26. The van der Waals surface area contributed by atoms with Gasteiger partial charge in [-0.25, -0.2) is 0 Å². The van der Waals surface area contributed by atoms with Gasteiger partial charge < -0.3 is 10.6 Å². The minimum absolute atomic E-state index is 0.0504. The zero-order valence-corrected chi connectivity index (χ0v) is 12.6. The van der Waals surface area contributed by atoms with Gasteiger partial charge in [-0.15, -0.1) is 0 Å². The molecule has 1 aromatic carbocycles. The Morgan fingerprint density at radius 2 is 2.00 bits per heavy atom. The summed E-state index contributed by atoms with van der Waals surface area (Å²) in [4.78, 5) is 15.8. The lowest BCUT2D eigenvalue weighted by molar-refractivity contribution is -0.137. The van der Waals surface area contributed by atoms with Crippen LogP contribution >= 0.6 is 11.6 Å². The highest BCUT2D eigenvalue weighted by molar-refractivity contribution is 6.33. The lowest BCUT2D eigenvalue weighted by Gasteiger charge is -2.12. The van der Waals surface area contributed by atoms with Gasteiger partial charge in [0.15, 0.2) is 0 Å². The zero-order chi connectivity index (χ0) is 16.9. The summed E-state index contributed by atoms with van der Waals surface area (Å²) >= 11 is 5.83. The quantitative estimate of drug-likeness (QED) is 0.874. The smallest absolute Gasteiger partial charge is 0.375 e. The first-order valence-corrected chi connectivity index (χ1v) is 7.01. The SMILES string of the molecule is O=C(CNc1cc(C(F)(F)F)ccc1Cl)NCc1ccccn1. The molecule has 1 aromatic heterocycles. The second-order valence-corrected chi connectivity index (χ2v) is 5.05. The van der Waals surface area contributed by atoms with Crippen molar-refractivity contribution in [3.63, 3.8) is 0 Å². The Morgan fingerprint density at radius 1 is 1.22 bits per heavy atom. The number of nitrogens with zero attached hydrogens (tertiary/aromatic N) is 1. The Labute approximate surface area is 135 Å². The Morgan fingerprint density at radius 3 is 2.65 bits per heavy atom. The number of aromatic nitrogens is 1. The largest absolute Gasteiger partial charge is 0.416 e. The van der Waals surface area contributed by atoms with Gasteiger partial charge in [0, 0.05) is 6.20 Å². The number of carbonyl (C=O) groups excluding carboxylic acids is 1. The van der Waals surface area contributed by atoms with E-state index >= 15 is 0 Å². The Kier molecular flexibility index (Phi) is 5.44. The molecular weight excluding hydrogens is 331 g/mol. The van der Waals surface area contributed by atoms with E-state index in [0.717, 1.165) is 18.2 Å².